The normalized spacial score (nSPS) is 12.2. The van der Waals surface area contributed by atoms with Gasteiger partial charge in [0.15, 0.2) is 0 Å². The number of benzene rings is 2. The van der Waals surface area contributed by atoms with Crippen molar-refractivity contribution in [2.45, 2.75) is 46.6 Å². The molecule has 0 aliphatic rings. The Labute approximate surface area is 197 Å². The van der Waals surface area contributed by atoms with E-state index in [1.165, 1.54) is 4.90 Å². The molecule has 1 atom stereocenters. The monoisotopic (exact) mass is 473 g/mol. The molecule has 33 heavy (non-hydrogen) atoms. The fourth-order valence-corrected chi connectivity index (χ4v) is 4.45. The first-order chi connectivity index (χ1) is 15.5. The van der Waals surface area contributed by atoms with Crippen molar-refractivity contribution in [1.82, 2.24) is 10.2 Å². The average molecular weight is 474 g/mol. The Hall–Kier alpha value is -2.87. The Morgan fingerprint density at radius 1 is 1.06 bits per heavy atom. The summed E-state index contributed by atoms with van der Waals surface area (Å²) < 4.78 is 26.4. The van der Waals surface area contributed by atoms with Gasteiger partial charge in [0.2, 0.25) is 21.8 Å². The van der Waals surface area contributed by atoms with Crippen LogP contribution in [0.3, 0.4) is 0 Å². The molecule has 0 spiro atoms. The number of rotatable bonds is 11. The van der Waals surface area contributed by atoms with Crippen LogP contribution in [0.1, 0.15) is 37.0 Å². The minimum absolute atomic E-state index is 0.254. The van der Waals surface area contributed by atoms with Crippen LogP contribution in [0.2, 0.25) is 0 Å². The van der Waals surface area contributed by atoms with E-state index in [1.807, 2.05) is 63.2 Å². The molecule has 0 saturated heterocycles. The van der Waals surface area contributed by atoms with E-state index in [1.54, 1.807) is 13.0 Å². The van der Waals surface area contributed by atoms with Crippen molar-refractivity contribution < 1.29 is 18.0 Å². The number of hydrogen-bond acceptors (Lipinski definition) is 4. The van der Waals surface area contributed by atoms with Gasteiger partial charge in [-0.05, 0) is 56.4 Å². The summed E-state index contributed by atoms with van der Waals surface area (Å²) in [6.07, 6.45) is 2.43. The molecule has 0 aliphatic carbocycles. The number of anilines is 1. The zero-order valence-corrected chi connectivity index (χ0v) is 21.0. The summed E-state index contributed by atoms with van der Waals surface area (Å²) >= 11 is 0. The molecule has 1 N–H and O–H groups in total. The molecule has 0 fully saturated rings. The maximum atomic E-state index is 13.5. The Balaban J connectivity index is 2.33. The summed E-state index contributed by atoms with van der Waals surface area (Å²) in [5, 5.41) is 2.83. The summed E-state index contributed by atoms with van der Waals surface area (Å²) in [6, 6.07) is 14.4. The Morgan fingerprint density at radius 2 is 1.73 bits per heavy atom. The molecule has 2 amide bonds. The summed E-state index contributed by atoms with van der Waals surface area (Å²) in [5.41, 5.74) is 3.15. The van der Waals surface area contributed by atoms with Crippen LogP contribution < -0.4 is 9.62 Å². The van der Waals surface area contributed by atoms with Gasteiger partial charge in [-0.1, -0.05) is 49.4 Å². The first kappa shape index (κ1) is 26.4. The summed E-state index contributed by atoms with van der Waals surface area (Å²) in [5.74, 6) is -0.674. The van der Waals surface area contributed by atoms with Gasteiger partial charge in [0.1, 0.15) is 12.6 Å². The second-order valence-electron chi connectivity index (χ2n) is 8.35. The van der Waals surface area contributed by atoms with Gasteiger partial charge in [-0.2, -0.15) is 0 Å². The molecule has 2 aromatic rings. The number of nitrogens with zero attached hydrogens (tertiary/aromatic N) is 2. The van der Waals surface area contributed by atoms with E-state index in [-0.39, 0.29) is 12.5 Å². The smallest absolute Gasteiger partial charge is 0.244 e. The van der Waals surface area contributed by atoms with E-state index in [9.17, 15) is 18.0 Å². The predicted molar refractivity (Wildman–Crippen MR) is 133 cm³/mol. The van der Waals surface area contributed by atoms with Gasteiger partial charge in [0, 0.05) is 13.1 Å². The number of carbonyl (C=O) groups excluding carboxylic acids is 2. The van der Waals surface area contributed by atoms with Crippen LogP contribution in [-0.4, -0.2) is 57.1 Å². The highest BCUT2D eigenvalue weighted by molar-refractivity contribution is 7.92. The second kappa shape index (κ2) is 11.8. The number of hydrogen-bond donors (Lipinski definition) is 1. The van der Waals surface area contributed by atoms with Crippen LogP contribution in [0.15, 0.2) is 48.5 Å². The maximum Gasteiger partial charge on any atom is 0.244 e. The Bertz CT molecular complexity index is 1050. The van der Waals surface area contributed by atoms with E-state index in [0.29, 0.717) is 25.2 Å². The Morgan fingerprint density at radius 3 is 2.33 bits per heavy atom. The number of sulfonamides is 1. The van der Waals surface area contributed by atoms with Crippen LogP contribution in [0.4, 0.5) is 5.69 Å². The molecular weight excluding hydrogens is 438 g/mol. The van der Waals surface area contributed by atoms with Gasteiger partial charge in [0.05, 0.1) is 11.9 Å². The van der Waals surface area contributed by atoms with Crippen LogP contribution in [0, 0.1) is 13.8 Å². The number of nitrogens with one attached hydrogen (secondary N) is 1. The third-order valence-corrected chi connectivity index (χ3v) is 6.64. The highest BCUT2D eigenvalue weighted by Gasteiger charge is 2.30. The van der Waals surface area contributed by atoms with Crippen molar-refractivity contribution in [3.8, 4) is 0 Å². The molecule has 0 aromatic heterocycles. The molecule has 0 saturated carbocycles. The predicted octanol–water partition coefficient (Wildman–Crippen LogP) is 3.06. The van der Waals surface area contributed by atoms with E-state index in [2.05, 4.69) is 5.32 Å². The van der Waals surface area contributed by atoms with Crippen molar-refractivity contribution in [1.29, 1.82) is 0 Å². The highest BCUT2D eigenvalue weighted by Crippen LogP contribution is 2.24. The van der Waals surface area contributed by atoms with E-state index in [4.69, 9.17) is 0 Å². The van der Waals surface area contributed by atoms with Crippen LogP contribution in [0.25, 0.3) is 0 Å². The highest BCUT2D eigenvalue weighted by atomic mass is 32.2. The first-order valence-corrected chi connectivity index (χ1v) is 13.1. The minimum Gasteiger partial charge on any atom is -0.354 e. The molecule has 2 rings (SSSR count). The molecule has 2 aromatic carbocycles. The molecule has 0 unspecified atom stereocenters. The van der Waals surface area contributed by atoms with E-state index >= 15 is 0 Å². The van der Waals surface area contributed by atoms with Crippen molar-refractivity contribution in [2.24, 2.45) is 0 Å². The standard InChI is InChI=1S/C25H35N3O4S/c1-6-15-26-25(30)21(4)27(16-14-22-10-8-7-9-11-22)24(29)18-28(33(5,31)32)23-17-19(2)12-13-20(23)3/h7-13,17,21H,6,14-16,18H2,1-5H3,(H,26,30)/t21-/m0/s1. The van der Waals surface area contributed by atoms with Crippen molar-refractivity contribution in [3.05, 3.63) is 65.2 Å². The van der Waals surface area contributed by atoms with Gasteiger partial charge in [-0.15, -0.1) is 0 Å². The van der Waals surface area contributed by atoms with Gasteiger partial charge >= 0.3 is 0 Å². The summed E-state index contributed by atoms with van der Waals surface area (Å²) in [4.78, 5) is 27.6. The lowest BCUT2D eigenvalue weighted by atomic mass is 10.1. The lowest BCUT2D eigenvalue weighted by Crippen LogP contribution is -2.52. The molecule has 0 radical (unpaired) electrons. The second-order valence-corrected chi connectivity index (χ2v) is 10.3. The lowest BCUT2D eigenvalue weighted by molar-refractivity contribution is -0.138. The molecule has 180 valence electrons. The number of amides is 2. The van der Waals surface area contributed by atoms with Gasteiger partial charge < -0.3 is 10.2 Å². The maximum absolute atomic E-state index is 13.5. The van der Waals surface area contributed by atoms with Gasteiger partial charge in [0.25, 0.3) is 0 Å². The summed E-state index contributed by atoms with van der Waals surface area (Å²) in [7, 11) is -3.73. The lowest BCUT2D eigenvalue weighted by Gasteiger charge is -2.32. The SMILES string of the molecule is CCCNC(=O)[C@H](C)N(CCc1ccccc1)C(=O)CN(c1cc(C)ccc1C)S(C)(=O)=O. The zero-order chi connectivity index (χ0) is 24.6. The van der Waals surface area contributed by atoms with Gasteiger partial charge in [-0.3, -0.25) is 13.9 Å². The number of carbonyl (C=O) groups is 2. The quantitative estimate of drug-likeness (QED) is 0.543. The topological polar surface area (TPSA) is 86.8 Å². The molecule has 0 aliphatic heterocycles. The number of aryl methyl sites for hydroxylation is 2. The van der Waals surface area contributed by atoms with Crippen molar-refractivity contribution in [3.63, 3.8) is 0 Å². The van der Waals surface area contributed by atoms with E-state index in [0.717, 1.165) is 33.7 Å². The van der Waals surface area contributed by atoms with Gasteiger partial charge in [-0.25, -0.2) is 8.42 Å². The molecular formula is C25H35N3O4S. The summed E-state index contributed by atoms with van der Waals surface area (Å²) in [6.45, 7) is 7.76. The minimum atomic E-state index is -3.73. The molecule has 0 heterocycles. The van der Waals surface area contributed by atoms with Crippen molar-refractivity contribution >= 4 is 27.5 Å². The van der Waals surface area contributed by atoms with Crippen LogP contribution >= 0.6 is 0 Å². The third-order valence-electron chi connectivity index (χ3n) is 5.51. The average Bonchev–Trinajstić information content (AvgIpc) is 2.77. The van der Waals surface area contributed by atoms with Crippen LogP contribution in [-0.2, 0) is 26.0 Å². The fraction of sp³-hybridized carbons (Fsp3) is 0.440. The first-order valence-electron chi connectivity index (χ1n) is 11.2. The van der Waals surface area contributed by atoms with Crippen molar-refractivity contribution in [2.75, 3.05) is 30.2 Å². The van der Waals surface area contributed by atoms with E-state index < -0.39 is 22.0 Å². The fourth-order valence-electron chi connectivity index (χ4n) is 3.55. The van der Waals surface area contributed by atoms with Crippen LogP contribution in [0.5, 0.6) is 0 Å². The molecule has 0 bridgehead atoms. The Kier molecular flexibility index (Phi) is 9.46. The molecule has 7 nitrogen and oxygen atoms in total. The third kappa shape index (κ3) is 7.60. The molecule has 8 heteroatoms. The largest absolute Gasteiger partial charge is 0.354 e. The zero-order valence-electron chi connectivity index (χ0n) is 20.2.